The first kappa shape index (κ1) is 23.2. The Morgan fingerprint density at radius 1 is 1.29 bits per heavy atom. The summed E-state index contributed by atoms with van der Waals surface area (Å²) in [7, 11) is -3.77. The number of ether oxygens (including phenoxy) is 2. The van der Waals surface area contributed by atoms with Gasteiger partial charge in [-0.2, -0.15) is 13.7 Å². The molecule has 2 amide bonds. The molecule has 0 radical (unpaired) electrons. The molecule has 2 aromatic rings. The number of nitrogens with zero attached hydrogens (tertiary/aromatic N) is 3. The molecule has 3 N–H and O–H groups in total. The fraction of sp³-hybridized carbons (Fsp3) is 0.500. The molecule has 0 aliphatic carbocycles. The Hall–Kier alpha value is -2.48. The van der Waals surface area contributed by atoms with E-state index < -0.39 is 16.1 Å². The molecule has 2 heterocycles. The number of urea groups is 1. The Labute approximate surface area is 185 Å². The van der Waals surface area contributed by atoms with Crippen LogP contribution in [0, 0.1) is 13.8 Å². The van der Waals surface area contributed by atoms with E-state index in [2.05, 4.69) is 31.6 Å². The SMILES string of the molecule is Cc1ccc(OCCCNC(=O)NNc2nc(S(=O)(=O)N3CCOCC3)ns2)c(C)c1. The van der Waals surface area contributed by atoms with Crippen LogP contribution in [0.5, 0.6) is 5.75 Å². The van der Waals surface area contributed by atoms with Crippen LogP contribution < -0.4 is 20.9 Å². The maximum absolute atomic E-state index is 12.5. The first-order valence-corrected chi connectivity index (χ1v) is 12.0. The third-order valence-electron chi connectivity index (χ3n) is 4.43. The fourth-order valence-corrected chi connectivity index (χ4v) is 4.88. The van der Waals surface area contributed by atoms with E-state index in [0.29, 0.717) is 32.8 Å². The fourth-order valence-electron chi connectivity index (χ4n) is 2.84. The number of nitrogens with one attached hydrogen (secondary N) is 3. The number of benzene rings is 1. The van der Waals surface area contributed by atoms with Crippen molar-refractivity contribution in [3.05, 3.63) is 29.3 Å². The number of aromatic nitrogens is 2. The van der Waals surface area contributed by atoms with Gasteiger partial charge in [0.1, 0.15) is 5.75 Å². The summed E-state index contributed by atoms with van der Waals surface area (Å²) in [5.74, 6) is 0.829. The standard InChI is InChI=1S/C18H26N6O5S2/c1-13-4-5-15(14(2)12-13)29-9-3-6-19-16(25)21-22-17-20-18(23-30-17)31(26,27)24-7-10-28-11-8-24/h4-5,12H,3,6-11H2,1-2H3,(H2,19,21,25)(H,20,22,23). The van der Waals surface area contributed by atoms with Crippen LogP contribution in [0.4, 0.5) is 9.93 Å². The number of anilines is 1. The number of rotatable bonds is 9. The molecule has 1 saturated heterocycles. The van der Waals surface area contributed by atoms with Crippen LogP contribution in [0.1, 0.15) is 17.5 Å². The van der Waals surface area contributed by atoms with Gasteiger partial charge in [0.25, 0.3) is 15.2 Å². The summed E-state index contributed by atoms with van der Waals surface area (Å²) in [6, 6.07) is 5.51. The molecule has 0 unspecified atom stereocenters. The second-order valence-electron chi connectivity index (χ2n) is 6.88. The number of hydrazine groups is 1. The monoisotopic (exact) mass is 470 g/mol. The van der Waals surface area contributed by atoms with Crippen molar-refractivity contribution < 1.29 is 22.7 Å². The molecule has 0 spiro atoms. The van der Waals surface area contributed by atoms with E-state index in [0.717, 1.165) is 22.8 Å². The van der Waals surface area contributed by atoms with Crippen LogP contribution in [0.3, 0.4) is 0 Å². The molecule has 1 aliphatic heterocycles. The van der Waals surface area contributed by atoms with Crippen molar-refractivity contribution in [2.24, 2.45) is 0 Å². The largest absolute Gasteiger partial charge is 0.493 e. The summed E-state index contributed by atoms with van der Waals surface area (Å²) < 4.78 is 41.0. The topological polar surface area (TPSA) is 135 Å². The second-order valence-corrected chi connectivity index (χ2v) is 9.46. The summed E-state index contributed by atoms with van der Waals surface area (Å²) in [5, 5.41) is 2.54. The number of hydrogen-bond donors (Lipinski definition) is 3. The third kappa shape index (κ3) is 6.50. The van der Waals surface area contributed by atoms with Gasteiger partial charge in [0.05, 0.1) is 19.8 Å². The van der Waals surface area contributed by atoms with Gasteiger partial charge in [-0.05, 0) is 31.9 Å². The Bertz CT molecular complexity index is 991. The minimum atomic E-state index is -3.77. The number of amides is 2. The summed E-state index contributed by atoms with van der Waals surface area (Å²) >= 11 is 0.842. The van der Waals surface area contributed by atoms with E-state index in [9.17, 15) is 13.2 Å². The predicted octanol–water partition coefficient (Wildman–Crippen LogP) is 1.27. The number of carbonyl (C=O) groups is 1. The number of hydrogen-bond acceptors (Lipinski definition) is 9. The highest BCUT2D eigenvalue weighted by atomic mass is 32.2. The van der Waals surface area contributed by atoms with Gasteiger partial charge in [-0.3, -0.25) is 5.43 Å². The maximum Gasteiger partial charge on any atom is 0.333 e. The molecule has 11 nitrogen and oxygen atoms in total. The summed E-state index contributed by atoms with van der Waals surface area (Å²) in [5.41, 5.74) is 7.22. The molecule has 0 saturated carbocycles. The zero-order chi connectivity index (χ0) is 22.3. The number of aryl methyl sites for hydroxylation is 2. The number of carbonyl (C=O) groups excluding carboxylic acids is 1. The number of sulfonamides is 1. The van der Waals surface area contributed by atoms with Crippen LogP contribution in [-0.2, 0) is 14.8 Å². The molecule has 1 aliphatic rings. The third-order valence-corrected chi connectivity index (χ3v) is 6.86. The lowest BCUT2D eigenvalue weighted by Crippen LogP contribution is -2.41. The molecule has 0 atom stereocenters. The molecular formula is C18H26N6O5S2. The lowest BCUT2D eigenvalue weighted by molar-refractivity contribution is 0.0728. The van der Waals surface area contributed by atoms with Crippen molar-refractivity contribution in [3.8, 4) is 5.75 Å². The Kier molecular flexibility index (Phi) is 8.01. The Morgan fingerprint density at radius 3 is 2.81 bits per heavy atom. The highest BCUT2D eigenvalue weighted by molar-refractivity contribution is 7.89. The van der Waals surface area contributed by atoms with Gasteiger partial charge in [0.15, 0.2) is 0 Å². The smallest absolute Gasteiger partial charge is 0.333 e. The second kappa shape index (κ2) is 10.7. The molecule has 1 fully saturated rings. The van der Waals surface area contributed by atoms with E-state index in [4.69, 9.17) is 9.47 Å². The van der Waals surface area contributed by atoms with Gasteiger partial charge in [-0.15, -0.1) is 0 Å². The highest BCUT2D eigenvalue weighted by Crippen LogP contribution is 2.19. The van der Waals surface area contributed by atoms with E-state index in [1.807, 2.05) is 26.0 Å². The molecule has 31 heavy (non-hydrogen) atoms. The zero-order valence-corrected chi connectivity index (χ0v) is 19.0. The minimum absolute atomic E-state index is 0.167. The molecule has 0 bridgehead atoms. The van der Waals surface area contributed by atoms with Gasteiger partial charge in [0, 0.05) is 31.2 Å². The van der Waals surface area contributed by atoms with Crippen LogP contribution in [-0.4, -0.2) is 67.6 Å². The van der Waals surface area contributed by atoms with Crippen molar-refractivity contribution in [3.63, 3.8) is 0 Å². The van der Waals surface area contributed by atoms with E-state index in [1.165, 1.54) is 9.87 Å². The molecular weight excluding hydrogens is 444 g/mol. The van der Waals surface area contributed by atoms with Gasteiger partial charge in [0.2, 0.25) is 5.13 Å². The zero-order valence-electron chi connectivity index (χ0n) is 17.4. The molecule has 1 aromatic heterocycles. The minimum Gasteiger partial charge on any atom is -0.493 e. The van der Waals surface area contributed by atoms with Crippen molar-refractivity contribution in [2.45, 2.75) is 25.4 Å². The predicted molar refractivity (Wildman–Crippen MR) is 116 cm³/mol. The molecule has 1 aromatic carbocycles. The first-order valence-electron chi connectivity index (χ1n) is 9.78. The van der Waals surface area contributed by atoms with E-state index in [-0.39, 0.29) is 23.4 Å². The summed E-state index contributed by atoms with van der Waals surface area (Å²) in [6.45, 7) is 6.10. The maximum atomic E-state index is 12.5. The van der Waals surface area contributed by atoms with Crippen LogP contribution in [0.15, 0.2) is 23.4 Å². The van der Waals surface area contributed by atoms with Gasteiger partial charge < -0.3 is 14.8 Å². The van der Waals surface area contributed by atoms with Crippen LogP contribution in [0.25, 0.3) is 0 Å². The number of morpholine rings is 1. The lowest BCUT2D eigenvalue weighted by Gasteiger charge is -2.24. The average Bonchev–Trinajstić information content (AvgIpc) is 3.24. The van der Waals surface area contributed by atoms with Gasteiger partial charge in [-0.1, -0.05) is 17.7 Å². The quantitative estimate of drug-likeness (QED) is 0.368. The van der Waals surface area contributed by atoms with Crippen molar-refractivity contribution in [1.29, 1.82) is 0 Å². The lowest BCUT2D eigenvalue weighted by atomic mass is 10.1. The van der Waals surface area contributed by atoms with E-state index in [1.54, 1.807) is 0 Å². The summed E-state index contributed by atoms with van der Waals surface area (Å²) in [6.07, 6.45) is 0.626. The normalized spacial score (nSPS) is 14.8. The van der Waals surface area contributed by atoms with Crippen molar-refractivity contribution >= 4 is 32.7 Å². The van der Waals surface area contributed by atoms with Gasteiger partial charge >= 0.3 is 6.03 Å². The van der Waals surface area contributed by atoms with Crippen molar-refractivity contribution in [2.75, 3.05) is 44.9 Å². The molecule has 3 rings (SSSR count). The van der Waals surface area contributed by atoms with Crippen molar-refractivity contribution in [1.82, 2.24) is 24.4 Å². The average molecular weight is 471 g/mol. The van der Waals surface area contributed by atoms with Gasteiger partial charge in [-0.25, -0.2) is 18.6 Å². The highest BCUT2D eigenvalue weighted by Gasteiger charge is 2.30. The molecule has 170 valence electrons. The molecule has 13 heteroatoms. The van der Waals surface area contributed by atoms with Crippen LogP contribution >= 0.6 is 11.5 Å². The Morgan fingerprint density at radius 2 is 2.06 bits per heavy atom. The summed E-state index contributed by atoms with van der Waals surface area (Å²) in [4.78, 5) is 15.8. The van der Waals surface area contributed by atoms with E-state index >= 15 is 0 Å². The first-order chi connectivity index (χ1) is 14.9. The Balaban J connectivity index is 1.36. The van der Waals surface area contributed by atoms with Crippen LogP contribution in [0.2, 0.25) is 0 Å².